The van der Waals surface area contributed by atoms with E-state index in [0.717, 1.165) is 22.9 Å². The predicted molar refractivity (Wildman–Crippen MR) is 66.4 cm³/mol. The summed E-state index contributed by atoms with van der Waals surface area (Å²) in [7, 11) is 0. The fourth-order valence-electron chi connectivity index (χ4n) is 1.39. The Hall–Kier alpha value is -1.42. The standard InChI is InChI=1S/C12H14N2OS/c1-8-3-4-10(13)5-12(8)16-6-11-9(2)15-7-14-11/h3-5,7H,6,13H2,1-2H3. The van der Waals surface area contributed by atoms with E-state index in [0.29, 0.717) is 0 Å². The number of thioether (sulfide) groups is 1. The van der Waals surface area contributed by atoms with Gasteiger partial charge >= 0.3 is 0 Å². The molecule has 1 aromatic heterocycles. The van der Waals surface area contributed by atoms with Gasteiger partial charge in [-0.1, -0.05) is 6.07 Å². The minimum atomic E-state index is 0.796. The molecule has 0 spiro atoms. The third kappa shape index (κ3) is 2.39. The minimum Gasteiger partial charge on any atom is -0.448 e. The number of rotatable bonds is 3. The van der Waals surface area contributed by atoms with E-state index in [9.17, 15) is 0 Å². The van der Waals surface area contributed by atoms with E-state index in [-0.39, 0.29) is 0 Å². The lowest BCUT2D eigenvalue weighted by Crippen LogP contribution is -1.89. The number of anilines is 1. The molecular formula is C12H14N2OS. The van der Waals surface area contributed by atoms with Crippen LogP contribution in [0.5, 0.6) is 0 Å². The van der Waals surface area contributed by atoms with Gasteiger partial charge < -0.3 is 10.2 Å². The number of aryl methyl sites for hydroxylation is 2. The van der Waals surface area contributed by atoms with E-state index in [1.807, 2.05) is 25.1 Å². The van der Waals surface area contributed by atoms with Crippen molar-refractivity contribution in [2.75, 3.05) is 5.73 Å². The van der Waals surface area contributed by atoms with Gasteiger partial charge in [-0.15, -0.1) is 11.8 Å². The Morgan fingerprint density at radius 2 is 2.19 bits per heavy atom. The first-order chi connectivity index (χ1) is 7.66. The van der Waals surface area contributed by atoms with E-state index in [1.54, 1.807) is 11.8 Å². The van der Waals surface area contributed by atoms with Crippen LogP contribution in [0.3, 0.4) is 0 Å². The van der Waals surface area contributed by atoms with Gasteiger partial charge in [-0.05, 0) is 31.5 Å². The first-order valence-corrected chi connectivity index (χ1v) is 6.03. The molecule has 0 aliphatic heterocycles. The Balaban J connectivity index is 2.10. The van der Waals surface area contributed by atoms with Gasteiger partial charge in [0.25, 0.3) is 0 Å². The molecule has 84 valence electrons. The van der Waals surface area contributed by atoms with Gasteiger partial charge in [-0.3, -0.25) is 0 Å². The normalized spacial score (nSPS) is 10.6. The van der Waals surface area contributed by atoms with E-state index >= 15 is 0 Å². The molecule has 1 heterocycles. The molecule has 0 atom stereocenters. The second kappa shape index (κ2) is 4.61. The van der Waals surface area contributed by atoms with Crippen molar-refractivity contribution in [3.05, 3.63) is 41.6 Å². The Morgan fingerprint density at radius 3 is 2.88 bits per heavy atom. The zero-order valence-corrected chi connectivity index (χ0v) is 10.2. The molecule has 4 heteroatoms. The number of aromatic nitrogens is 1. The molecule has 2 aromatic rings. The van der Waals surface area contributed by atoms with Crippen LogP contribution in [0.15, 0.2) is 33.9 Å². The van der Waals surface area contributed by atoms with Crippen LogP contribution in [0.4, 0.5) is 5.69 Å². The Bertz CT molecular complexity index is 494. The lowest BCUT2D eigenvalue weighted by Gasteiger charge is -2.05. The quantitative estimate of drug-likeness (QED) is 0.654. The van der Waals surface area contributed by atoms with Gasteiger partial charge in [-0.25, -0.2) is 4.98 Å². The molecule has 0 radical (unpaired) electrons. The molecule has 2 rings (SSSR count). The first kappa shape index (κ1) is 11.1. The fraction of sp³-hybridized carbons (Fsp3) is 0.250. The second-order valence-corrected chi connectivity index (χ2v) is 4.69. The highest BCUT2D eigenvalue weighted by atomic mass is 32.2. The Kier molecular flexibility index (Phi) is 3.19. The highest BCUT2D eigenvalue weighted by Crippen LogP contribution is 2.28. The van der Waals surface area contributed by atoms with Crippen molar-refractivity contribution in [2.45, 2.75) is 24.5 Å². The minimum absolute atomic E-state index is 0.796. The maximum absolute atomic E-state index is 5.76. The van der Waals surface area contributed by atoms with Crippen molar-refractivity contribution in [1.82, 2.24) is 4.98 Å². The molecule has 0 amide bonds. The van der Waals surface area contributed by atoms with Gasteiger partial charge in [0.05, 0.1) is 5.69 Å². The highest BCUT2D eigenvalue weighted by molar-refractivity contribution is 7.98. The van der Waals surface area contributed by atoms with Crippen molar-refractivity contribution in [1.29, 1.82) is 0 Å². The summed E-state index contributed by atoms with van der Waals surface area (Å²) < 4.78 is 5.16. The summed E-state index contributed by atoms with van der Waals surface area (Å²) in [6.45, 7) is 4.01. The average Bonchev–Trinajstić information content (AvgIpc) is 2.66. The molecular weight excluding hydrogens is 220 g/mol. The summed E-state index contributed by atoms with van der Waals surface area (Å²) in [4.78, 5) is 5.36. The summed E-state index contributed by atoms with van der Waals surface area (Å²) in [5, 5.41) is 0. The number of benzene rings is 1. The third-order valence-corrected chi connectivity index (χ3v) is 3.59. The molecule has 1 aromatic carbocycles. The Morgan fingerprint density at radius 1 is 1.38 bits per heavy atom. The monoisotopic (exact) mass is 234 g/mol. The van der Waals surface area contributed by atoms with Crippen LogP contribution in [-0.4, -0.2) is 4.98 Å². The number of hydrogen-bond acceptors (Lipinski definition) is 4. The summed E-state index contributed by atoms with van der Waals surface area (Å²) in [5.41, 5.74) is 8.78. The smallest absolute Gasteiger partial charge is 0.181 e. The van der Waals surface area contributed by atoms with E-state index in [4.69, 9.17) is 10.2 Å². The van der Waals surface area contributed by atoms with E-state index in [2.05, 4.69) is 11.9 Å². The molecule has 16 heavy (non-hydrogen) atoms. The third-order valence-electron chi connectivity index (χ3n) is 2.42. The zero-order valence-electron chi connectivity index (χ0n) is 9.36. The second-order valence-electron chi connectivity index (χ2n) is 3.67. The van der Waals surface area contributed by atoms with Crippen LogP contribution in [0.25, 0.3) is 0 Å². The van der Waals surface area contributed by atoms with E-state index in [1.165, 1.54) is 16.9 Å². The molecule has 0 bridgehead atoms. The largest absolute Gasteiger partial charge is 0.448 e. The zero-order chi connectivity index (χ0) is 11.5. The van der Waals surface area contributed by atoms with Crippen LogP contribution in [0.1, 0.15) is 17.0 Å². The molecule has 0 saturated carbocycles. The van der Waals surface area contributed by atoms with Crippen molar-refractivity contribution >= 4 is 17.4 Å². The van der Waals surface area contributed by atoms with Crippen molar-refractivity contribution in [3.63, 3.8) is 0 Å². The van der Waals surface area contributed by atoms with Crippen LogP contribution < -0.4 is 5.73 Å². The number of hydrogen-bond donors (Lipinski definition) is 1. The Labute approximate surface area is 99.1 Å². The lowest BCUT2D eigenvalue weighted by atomic mass is 10.2. The molecule has 0 saturated heterocycles. The molecule has 2 N–H and O–H groups in total. The lowest BCUT2D eigenvalue weighted by molar-refractivity contribution is 0.525. The van der Waals surface area contributed by atoms with Crippen LogP contribution >= 0.6 is 11.8 Å². The molecule has 0 unspecified atom stereocenters. The molecule has 0 fully saturated rings. The van der Waals surface area contributed by atoms with Crippen LogP contribution in [-0.2, 0) is 5.75 Å². The summed E-state index contributed by atoms with van der Waals surface area (Å²) in [5.74, 6) is 1.70. The first-order valence-electron chi connectivity index (χ1n) is 5.04. The van der Waals surface area contributed by atoms with Gasteiger partial charge in [0.2, 0.25) is 0 Å². The van der Waals surface area contributed by atoms with Gasteiger partial charge in [0.1, 0.15) is 5.76 Å². The SMILES string of the molecule is Cc1ccc(N)cc1SCc1ncoc1C. The van der Waals surface area contributed by atoms with Gasteiger partial charge in [-0.2, -0.15) is 0 Å². The van der Waals surface area contributed by atoms with Crippen molar-refractivity contribution in [3.8, 4) is 0 Å². The summed E-state index contributed by atoms with van der Waals surface area (Å²) >= 11 is 1.73. The molecule has 3 nitrogen and oxygen atoms in total. The van der Waals surface area contributed by atoms with Gasteiger partial charge in [0, 0.05) is 16.3 Å². The number of oxazole rings is 1. The summed E-state index contributed by atoms with van der Waals surface area (Å²) in [6.07, 6.45) is 1.48. The van der Waals surface area contributed by atoms with Crippen molar-refractivity contribution in [2.24, 2.45) is 0 Å². The van der Waals surface area contributed by atoms with Crippen LogP contribution in [0.2, 0.25) is 0 Å². The fourth-order valence-corrected chi connectivity index (χ4v) is 2.47. The predicted octanol–water partition coefficient (Wildman–Crippen LogP) is 3.17. The van der Waals surface area contributed by atoms with Crippen molar-refractivity contribution < 1.29 is 4.42 Å². The molecule has 0 aliphatic rings. The van der Waals surface area contributed by atoms with Gasteiger partial charge in [0.15, 0.2) is 6.39 Å². The van der Waals surface area contributed by atoms with E-state index < -0.39 is 0 Å². The number of nitrogen functional groups attached to an aromatic ring is 1. The van der Waals surface area contributed by atoms with Crippen LogP contribution in [0, 0.1) is 13.8 Å². The maximum Gasteiger partial charge on any atom is 0.181 e. The topological polar surface area (TPSA) is 52.0 Å². The average molecular weight is 234 g/mol. The summed E-state index contributed by atoms with van der Waals surface area (Å²) in [6, 6.07) is 5.95. The number of nitrogens with two attached hydrogens (primary N) is 1. The highest BCUT2D eigenvalue weighted by Gasteiger charge is 2.05. The molecule has 0 aliphatic carbocycles. The maximum atomic E-state index is 5.76. The number of nitrogens with zero attached hydrogens (tertiary/aromatic N) is 1.